The minimum absolute atomic E-state index is 0.105. The molecule has 9 heteroatoms. The van der Waals surface area contributed by atoms with E-state index in [-0.39, 0.29) is 17.9 Å². The van der Waals surface area contributed by atoms with Crippen molar-refractivity contribution in [2.24, 2.45) is 0 Å². The van der Waals surface area contributed by atoms with Gasteiger partial charge in [-0.1, -0.05) is 43.7 Å². The van der Waals surface area contributed by atoms with E-state index in [1.54, 1.807) is 7.11 Å². The van der Waals surface area contributed by atoms with Crippen LogP contribution in [-0.2, 0) is 11.3 Å². The van der Waals surface area contributed by atoms with Gasteiger partial charge in [-0.25, -0.2) is 4.98 Å². The number of fused-ring (bicyclic) bond motifs is 3. The third-order valence-corrected chi connectivity index (χ3v) is 7.80. The van der Waals surface area contributed by atoms with Gasteiger partial charge in [0.15, 0.2) is 5.82 Å². The molecule has 1 aliphatic rings. The fourth-order valence-corrected chi connectivity index (χ4v) is 5.65. The number of benzene rings is 2. The van der Waals surface area contributed by atoms with Crippen molar-refractivity contribution in [3.63, 3.8) is 0 Å². The lowest BCUT2D eigenvalue weighted by Gasteiger charge is -2.24. The number of rotatable bonds is 12. The molecular weight excluding hydrogens is 514 g/mol. The quantitative estimate of drug-likeness (QED) is 0.180. The molecule has 2 heterocycles. The van der Waals surface area contributed by atoms with Gasteiger partial charge in [0.05, 0.1) is 19.2 Å². The number of ether oxygens (including phenoxy) is 1. The maximum Gasteiger partial charge on any atom is 0.222 e. The molecule has 0 saturated carbocycles. The average Bonchev–Trinajstić information content (AvgIpc) is 3.29. The first-order chi connectivity index (χ1) is 20.0. The van der Waals surface area contributed by atoms with Gasteiger partial charge in [-0.15, -0.1) is 0 Å². The van der Waals surface area contributed by atoms with Crippen LogP contribution in [0.1, 0.15) is 56.6 Å². The molecule has 0 fully saturated rings. The Balaban J connectivity index is 1.48. The second-order valence-electron chi connectivity index (χ2n) is 10.7. The summed E-state index contributed by atoms with van der Waals surface area (Å²) in [6.45, 7) is 4.27. The lowest BCUT2D eigenvalue weighted by atomic mass is 9.90. The van der Waals surface area contributed by atoms with Crippen LogP contribution < -0.4 is 26.4 Å². The number of aromatic nitrogens is 3. The van der Waals surface area contributed by atoms with E-state index >= 15 is 0 Å². The van der Waals surface area contributed by atoms with Gasteiger partial charge < -0.3 is 31.0 Å². The van der Waals surface area contributed by atoms with Crippen LogP contribution in [0.5, 0.6) is 5.75 Å². The molecule has 0 radical (unpaired) electrons. The Morgan fingerprint density at radius 1 is 1.17 bits per heavy atom. The van der Waals surface area contributed by atoms with E-state index in [4.69, 9.17) is 10.5 Å². The van der Waals surface area contributed by atoms with Crippen molar-refractivity contribution >= 4 is 45.2 Å². The van der Waals surface area contributed by atoms with E-state index in [9.17, 15) is 4.79 Å². The van der Waals surface area contributed by atoms with Crippen molar-refractivity contribution < 1.29 is 9.53 Å². The van der Waals surface area contributed by atoms with Crippen LogP contribution in [0, 0.1) is 0 Å². The number of nitrogen functional groups attached to an aromatic ring is 1. The Hall–Kier alpha value is -4.11. The fraction of sp³-hybridized carbons (Fsp3) is 0.406. The standard InChI is InChI=1S/C32H41N7O2/c1-4-5-17-35-31-30-29(37-32(33)38-31)25-8-6-7-9-26(25)39(30)20-23-19-22(12-15-27(23)41-3)21-10-13-24(14-11-21)36-28(40)16-18-34-2/h6-10,12,15,19,24,34H,4-5,11,13-14,16-18,20H2,1-3H3,(H,36,40)(H3,33,35,37,38). The molecule has 5 rings (SSSR count). The molecule has 4 aromatic rings. The number of carbonyl (C=O) groups excluding carboxylic acids is 1. The van der Waals surface area contributed by atoms with Crippen LogP contribution in [-0.4, -0.2) is 53.7 Å². The van der Waals surface area contributed by atoms with E-state index in [2.05, 4.69) is 73.8 Å². The van der Waals surface area contributed by atoms with Crippen molar-refractivity contribution in [1.29, 1.82) is 0 Å². The third kappa shape index (κ3) is 6.30. The predicted molar refractivity (Wildman–Crippen MR) is 167 cm³/mol. The van der Waals surface area contributed by atoms with E-state index in [1.165, 1.54) is 11.1 Å². The number of unbranched alkanes of at least 4 members (excludes halogenated alkanes) is 1. The molecule has 1 aliphatic carbocycles. The summed E-state index contributed by atoms with van der Waals surface area (Å²) < 4.78 is 8.10. The highest BCUT2D eigenvalue weighted by Gasteiger charge is 2.21. The summed E-state index contributed by atoms with van der Waals surface area (Å²) in [6.07, 6.45) is 7.57. The number of nitrogens with two attached hydrogens (primary N) is 1. The molecule has 0 saturated heterocycles. The first-order valence-corrected chi connectivity index (χ1v) is 14.6. The summed E-state index contributed by atoms with van der Waals surface area (Å²) in [5.74, 6) is 1.96. The lowest BCUT2D eigenvalue weighted by molar-refractivity contribution is -0.121. The van der Waals surface area contributed by atoms with E-state index < -0.39 is 0 Å². The summed E-state index contributed by atoms with van der Waals surface area (Å²) >= 11 is 0. The molecular formula is C32H41N7O2. The summed E-state index contributed by atoms with van der Waals surface area (Å²) in [5, 5.41) is 10.8. The zero-order valence-electron chi connectivity index (χ0n) is 24.3. The Kier molecular flexibility index (Phi) is 9.04. The number of nitrogens with one attached hydrogen (secondary N) is 3. The van der Waals surface area contributed by atoms with E-state index in [0.717, 1.165) is 77.7 Å². The topological polar surface area (TPSA) is 119 Å². The molecule has 2 aromatic heterocycles. The normalized spacial score (nSPS) is 15.2. The van der Waals surface area contributed by atoms with Crippen molar-refractivity contribution in [3.8, 4) is 5.75 Å². The maximum absolute atomic E-state index is 12.2. The highest BCUT2D eigenvalue weighted by molar-refractivity contribution is 6.09. The molecule has 216 valence electrons. The highest BCUT2D eigenvalue weighted by atomic mass is 16.5. The molecule has 0 bridgehead atoms. The number of amides is 1. The van der Waals surface area contributed by atoms with Crippen molar-refractivity contribution in [2.45, 2.75) is 58.0 Å². The zero-order chi connectivity index (χ0) is 28.8. The highest BCUT2D eigenvalue weighted by Crippen LogP contribution is 2.35. The van der Waals surface area contributed by atoms with Crippen LogP contribution in [0.3, 0.4) is 0 Å². The zero-order valence-corrected chi connectivity index (χ0v) is 24.3. The van der Waals surface area contributed by atoms with Gasteiger partial charge in [0.1, 0.15) is 16.8 Å². The van der Waals surface area contributed by atoms with Gasteiger partial charge in [0.2, 0.25) is 11.9 Å². The average molecular weight is 556 g/mol. The van der Waals surface area contributed by atoms with Gasteiger partial charge in [-0.2, -0.15) is 4.98 Å². The van der Waals surface area contributed by atoms with Gasteiger partial charge >= 0.3 is 0 Å². The number of para-hydroxylation sites is 1. The Labute approximate surface area is 241 Å². The van der Waals surface area contributed by atoms with Crippen LogP contribution in [0.25, 0.3) is 27.5 Å². The molecule has 0 spiro atoms. The van der Waals surface area contributed by atoms with Crippen LogP contribution in [0.2, 0.25) is 0 Å². The molecule has 1 unspecified atom stereocenters. The largest absolute Gasteiger partial charge is 0.496 e. The first-order valence-electron chi connectivity index (χ1n) is 14.6. The maximum atomic E-state index is 12.2. The molecule has 41 heavy (non-hydrogen) atoms. The lowest BCUT2D eigenvalue weighted by Crippen LogP contribution is -2.36. The van der Waals surface area contributed by atoms with Gasteiger partial charge in [-0.3, -0.25) is 4.79 Å². The number of hydrogen-bond acceptors (Lipinski definition) is 7. The van der Waals surface area contributed by atoms with Crippen LogP contribution in [0.15, 0.2) is 48.5 Å². The third-order valence-electron chi connectivity index (χ3n) is 7.80. The fourth-order valence-electron chi connectivity index (χ4n) is 5.65. The number of carbonyl (C=O) groups is 1. The number of anilines is 2. The number of nitrogens with zero attached hydrogens (tertiary/aromatic N) is 3. The second kappa shape index (κ2) is 13.0. The van der Waals surface area contributed by atoms with Gasteiger partial charge in [0.25, 0.3) is 0 Å². The molecule has 1 amide bonds. The van der Waals surface area contributed by atoms with Crippen LogP contribution in [0.4, 0.5) is 11.8 Å². The number of hydrogen-bond donors (Lipinski definition) is 4. The number of methoxy groups -OCH3 is 1. The Morgan fingerprint density at radius 2 is 2.02 bits per heavy atom. The van der Waals surface area contributed by atoms with Crippen molar-refractivity contribution in [1.82, 2.24) is 25.2 Å². The predicted octanol–water partition coefficient (Wildman–Crippen LogP) is 5.10. The van der Waals surface area contributed by atoms with E-state index in [0.29, 0.717) is 19.5 Å². The summed E-state index contributed by atoms with van der Waals surface area (Å²) in [5.41, 5.74) is 12.6. The van der Waals surface area contributed by atoms with E-state index in [1.807, 2.05) is 19.2 Å². The molecule has 0 aliphatic heterocycles. The van der Waals surface area contributed by atoms with Gasteiger partial charge in [-0.05, 0) is 62.1 Å². The van der Waals surface area contributed by atoms with Crippen molar-refractivity contribution in [3.05, 3.63) is 59.7 Å². The minimum atomic E-state index is 0.105. The molecule has 2 aromatic carbocycles. The minimum Gasteiger partial charge on any atom is -0.496 e. The smallest absolute Gasteiger partial charge is 0.222 e. The summed E-state index contributed by atoms with van der Waals surface area (Å²) in [7, 11) is 3.58. The first kappa shape index (κ1) is 28.4. The van der Waals surface area contributed by atoms with Gasteiger partial charge in [0, 0.05) is 36.5 Å². The van der Waals surface area contributed by atoms with Crippen LogP contribution >= 0.6 is 0 Å². The monoisotopic (exact) mass is 555 g/mol. The number of allylic oxidation sites excluding steroid dienone is 1. The Bertz CT molecular complexity index is 1560. The summed E-state index contributed by atoms with van der Waals surface area (Å²) in [6, 6.07) is 14.9. The Morgan fingerprint density at radius 3 is 2.78 bits per heavy atom. The molecule has 1 atom stereocenters. The molecule has 9 nitrogen and oxygen atoms in total. The SMILES string of the molecule is CCCCNc1nc(N)nc2c3ccccc3n(Cc3cc(C4=CCC(NC(=O)CCNC)CC4)ccc3OC)c12. The van der Waals surface area contributed by atoms with Crippen molar-refractivity contribution in [2.75, 3.05) is 38.3 Å². The molecule has 5 N–H and O–H groups in total. The second-order valence-corrected chi connectivity index (χ2v) is 10.7. The summed E-state index contributed by atoms with van der Waals surface area (Å²) in [4.78, 5) is 21.5.